The van der Waals surface area contributed by atoms with Crippen molar-refractivity contribution >= 4 is 11.8 Å². The Labute approximate surface area is 161 Å². The molecule has 2 amide bonds. The van der Waals surface area contributed by atoms with Crippen LogP contribution in [-0.4, -0.2) is 56.0 Å². The second-order valence-electron chi connectivity index (χ2n) is 8.34. The Hall–Kier alpha value is -1.92. The van der Waals surface area contributed by atoms with Crippen LogP contribution in [0.4, 0.5) is 0 Å². The fourth-order valence-electron chi connectivity index (χ4n) is 5.00. The summed E-state index contributed by atoms with van der Waals surface area (Å²) in [5.74, 6) is 2.83. The molecule has 1 aromatic heterocycles. The summed E-state index contributed by atoms with van der Waals surface area (Å²) in [6.45, 7) is 4.56. The molecule has 1 saturated heterocycles. The maximum Gasteiger partial charge on any atom is 0.223 e. The first-order valence-electron chi connectivity index (χ1n) is 10.6. The van der Waals surface area contributed by atoms with Gasteiger partial charge in [-0.2, -0.15) is 0 Å². The maximum atomic E-state index is 13.0. The number of hydrogen-bond acceptors (Lipinski definition) is 4. The highest BCUT2D eigenvalue weighted by Gasteiger charge is 2.35. The first kappa shape index (κ1) is 18.4. The van der Waals surface area contributed by atoms with Gasteiger partial charge < -0.3 is 14.4 Å². The number of carbonyl (C=O) groups is 2. The lowest BCUT2D eigenvalue weighted by Gasteiger charge is -2.28. The van der Waals surface area contributed by atoms with Gasteiger partial charge in [-0.05, 0) is 31.6 Å². The maximum absolute atomic E-state index is 13.0. The Morgan fingerprint density at radius 1 is 0.963 bits per heavy atom. The van der Waals surface area contributed by atoms with Gasteiger partial charge in [-0.25, -0.2) is 0 Å². The number of amides is 2. The average Bonchev–Trinajstić information content (AvgIpc) is 3.24. The molecule has 0 bridgehead atoms. The van der Waals surface area contributed by atoms with Crippen LogP contribution in [0.25, 0.3) is 0 Å². The van der Waals surface area contributed by atoms with Crippen LogP contribution >= 0.6 is 0 Å². The van der Waals surface area contributed by atoms with E-state index in [2.05, 4.69) is 19.7 Å². The van der Waals surface area contributed by atoms with Crippen LogP contribution in [0.3, 0.4) is 0 Å². The summed E-state index contributed by atoms with van der Waals surface area (Å²) in [5, 5.41) is 8.89. The second kappa shape index (κ2) is 7.98. The normalized spacial score (nSPS) is 24.0. The third-order valence-electron chi connectivity index (χ3n) is 6.56. The lowest BCUT2D eigenvalue weighted by Crippen LogP contribution is -2.34. The molecule has 0 aromatic carbocycles. The SMILES string of the molecule is CC(=O)N1CCc2nnc(C3CCCN3C(=O)CC3CCCCC3)n2CC1. The van der Waals surface area contributed by atoms with Gasteiger partial charge in [0.2, 0.25) is 11.8 Å². The number of aromatic nitrogens is 3. The van der Waals surface area contributed by atoms with Gasteiger partial charge in [0, 0.05) is 45.9 Å². The van der Waals surface area contributed by atoms with E-state index in [0.29, 0.717) is 31.3 Å². The standard InChI is InChI=1S/C20H31N5O2/c1-15(26)23-11-9-18-21-22-20(25(18)13-12-23)17-8-5-10-24(17)19(27)14-16-6-3-2-4-7-16/h16-17H,2-14H2,1H3. The van der Waals surface area contributed by atoms with Gasteiger partial charge in [0.15, 0.2) is 5.82 Å². The van der Waals surface area contributed by atoms with Crippen LogP contribution in [0.2, 0.25) is 0 Å². The lowest BCUT2D eigenvalue weighted by molar-refractivity contribution is -0.133. The van der Waals surface area contributed by atoms with Gasteiger partial charge in [0.25, 0.3) is 0 Å². The van der Waals surface area contributed by atoms with Crippen LogP contribution in [0.5, 0.6) is 0 Å². The molecular weight excluding hydrogens is 342 g/mol. The van der Waals surface area contributed by atoms with Gasteiger partial charge in [-0.3, -0.25) is 9.59 Å². The van der Waals surface area contributed by atoms with E-state index in [-0.39, 0.29) is 11.9 Å². The number of fused-ring (bicyclic) bond motifs is 1. The molecular formula is C20H31N5O2. The van der Waals surface area contributed by atoms with Crippen molar-refractivity contribution < 1.29 is 9.59 Å². The van der Waals surface area contributed by atoms with Gasteiger partial charge in [-0.1, -0.05) is 19.3 Å². The predicted molar refractivity (Wildman–Crippen MR) is 101 cm³/mol. The first-order chi connectivity index (χ1) is 13.1. The van der Waals surface area contributed by atoms with Gasteiger partial charge in [0.05, 0.1) is 6.04 Å². The summed E-state index contributed by atoms with van der Waals surface area (Å²) in [4.78, 5) is 28.7. The van der Waals surface area contributed by atoms with Crippen molar-refractivity contribution in [1.82, 2.24) is 24.6 Å². The largest absolute Gasteiger partial charge is 0.341 e. The zero-order chi connectivity index (χ0) is 18.8. The average molecular weight is 374 g/mol. The molecule has 4 rings (SSSR count). The summed E-state index contributed by atoms with van der Waals surface area (Å²) in [6, 6.07) is 0.0474. The quantitative estimate of drug-likeness (QED) is 0.815. The first-order valence-corrected chi connectivity index (χ1v) is 10.6. The molecule has 7 heteroatoms. The van der Waals surface area contributed by atoms with Crippen molar-refractivity contribution in [3.05, 3.63) is 11.6 Å². The fourth-order valence-corrected chi connectivity index (χ4v) is 5.00. The minimum absolute atomic E-state index is 0.0474. The van der Waals surface area contributed by atoms with Gasteiger partial charge in [0.1, 0.15) is 5.82 Å². The van der Waals surface area contributed by atoms with E-state index in [1.807, 2.05) is 4.90 Å². The number of likely N-dealkylation sites (tertiary alicyclic amines) is 1. The highest BCUT2D eigenvalue weighted by atomic mass is 16.2. The molecule has 1 unspecified atom stereocenters. The minimum atomic E-state index is 0.0474. The Bertz CT molecular complexity index is 695. The van der Waals surface area contributed by atoms with Gasteiger partial charge >= 0.3 is 0 Å². The van der Waals surface area contributed by atoms with Crippen LogP contribution in [0.15, 0.2) is 0 Å². The summed E-state index contributed by atoms with van der Waals surface area (Å²) < 4.78 is 2.17. The second-order valence-corrected chi connectivity index (χ2v) is 8.34. The zero-order valence-electron chi connectivity index (χ0n) is 16.4. The highest BCUT2D eigenvalue weighted by Crippen LogP contribution is 2.34. The molecule has 148 valence electrons. The van der Waals surface area contributed by atoms with E-state index in [9.17, 15) is 9.59 Å². The zero-order valence-corrected chi connectivity index (χ0v) is 16.4. The summed E-state index contributed by atoms with van der Waals surface area (Å²) in [5.41, 5.74) is 0. The minimum Gasteiger partial charge on any atom is -0.341 e. The Balaban J connectivity index is 1.47. The molecule has 2 aliphatic heterocycles. The molecule has 2 fully saturated rings. The van der Waals surface area contributed by atoms with Crippen molar-refractivity contribution in [2.75, 3.05) is 19.6 Å². The molecule has 3 heterocycles. The number of rotatable bonds is 3. The summed E-state index contributed by atoms with van der Waals surface area (Å²) >= 11 is 0. The van der Waals surface area contributed by atoms with Crippen molar-refractivity contribution in [3.8, 4) is 0 Å². The molecule has 0 radical (unpaired) electrons. The Morgan fingerprint density at radius 2 is 1.78 bits per heavy atom. The third kappa shape index (κ3) is 3.87. The lowest BCUT2D eigenvalue weighted by atomic mass is 9.86. The highest BCUT2D eigenvalue weighted by molar-refractivity contribution is 5.77. The van der Waals surface area contributed by atoms with Crippen LogP contribution in [0, 0.1) is 5.92 Å². The molecule has 7 nitrogen and oxygen atoms in total. The van der Waals surface area contributed by atoms with E-state index in [1.165, 1.54) is 32.1 Å². The number of carbonyl (C=O) groups excluding carboxylic acids is 2. The van der Waals surface area contributed by atoms with Crippen molar-refractivity contribution in [3.63, 3.8) is 0 Å². The van der Waals surface area contributed by atoms with Gasteiger partial charge in [-0.15, -0.1) is 10.2 Å². The smallest absolute Gasteiger partial charge is 0.223 e. The van der Waals surface area contributed by atoms with Crippen LogP contribution in [-0.2, 0) is 22.6 Å². The Morgan fingerprint density at radius 3 is 2.56 bits per heavy atom. The van der Waals surface area contributed by atoms with Crippen molar-refractivity contribution in [2.24, 2.45) is 5.92 Å². The molecule has 1 atom stereocenters. The molecule has 0 spiro atoms. The van der Waals surface area contributed by atoms with E-state index < -0.39 is 0 Å². The van der Waals surface area contributed by atoms with Crippen molar-refractivity contribution in [2.45, 2.75) is 77.3 Å². The monoisotopic (exact) mass is 373 g/mol. The van der Waals surface area contributed by atoms with Crippen molar-refractivity contribution in [1.29, 1.82) is 0 Å². The summed E-state index contributed by atoms with van der Waals surface area (Å²) in [6.07, 6.45) is 9.67. The molecule has 1 aromatic rings. The fraction of sp³-hybridized carbons (Fsp3) is 0.800. The van der Waals surface area contributed by atoms with Crippen LogP contribution in [0.1, 0.15) is 76.0 Å². The third-order valence-corrected chi connectivity index (χ3v) is 6.56. The topological polar surface area (TPSA) is 71.3 Å². The van der Waals surface area contributed by atoms with E-state index >= 15 is 0 Å². The number of hydrogen-bond donors (Lipinski definition) is 0. The van der Waals surface area contributed by atoms with E-state index in [4.69, 9.17) is 0 Å². The summed E-state index contributed by atoms with van der Waals surface area (Å²) in [7, 11) is 0. The molecule has 1 aliphatic carbocycles. The predicted octanol–water partition coefficient (Wildman–Crippen LogP) is 2.32. The molecule has 27 heavy (non-hydrogen) atoms. The molecule has 0 N–H and O–H groups in total. The van der Waals surface area contributed by atoms with E-state index in [1.54, 1.807) is 6.92 Å². The Kier molecular flexibility index (Phi) is 5.45. The number of nitrogens with zero attached hydrogens (tertiary/aromatic N) is 5. The van der Waals surface area contributed by atoms with Crippen LogP contribution < -0.4 is 0 Å². The molecule has 3 aliphatic rings. The molecule has 1 saturated carbocycles. The van der Waals surface area contributed by atoms with E-state index in [0.717, 1.165) is 44.0 Å².